The van der Waals surface area contributed by atoms with Crippen molar-refractivity contribution in [2.75, 3.05) is 0 Å². The van der Waals surface area contributed by atoms with Crippen molar-refractivity contribution in [3.63, 3.8) is 0 Å². The van der Waals surface area contributed by atoms with E-state index in [2.05, 4.69) is 81.1 Å². The van der Waals surface area contributed by atoms with Crippen LogP contribution >= 0.6 is 0 Å². The highest BCUT2D eigenvalue weighted by atomic mass is 28.3. The molecular weight excluding hydrogens is 244 g/mol. The fraction of sp³-hybridized carbons (Fsp3) is 0.222. The van der Waals surface area contributed by atoms with Crippen LogP contribution < -0.4 is 10.4 Å². The molecule has 19 heavy (non-hydrogen) atoms. The first-order valence-corrected chi connectivity index (χ1v) is 9.36. The average Bonchev–Trinajstić information content (AvgIpc) is 2.46. The molecule has 0 N–H and O–H groups in total. The molecule has 0 fully saturated rings. The van der Waals surface area contributed by atoms with Gasteiger partial charge in [0.1, 0.15) is 8.07 Å². The Kier molecular flexibility index (Phi) is 4.38. The Bertz CT molecular complexity index is 489. The lowest BCUT2D eigenvalue weighted by molar-refractivity contribution is 1.28. The predicted octanol–water partition coefficient (Wildman–Crippen LogP) is 3.85. The molecule has 2 aromatic carbocycles. The molecule has 0 saturated heterocycles. The van der Waals surface area contributed by atoms with Gasteiger partial charge >= 0.3 is 0 Å². The van der Waals surface area contributed by atoms with Crippen molar-refractivity contribution in [1.82, 2.24) is 0 Å². The van der Waals surface area contributed by atoms with Gasteiger partial charge in [0, 0.05) is 0 Å². The second-order valence-corrected chi connectivity index (χ2v) is 9.68. The SMILES string of the molecule is C=C(C)C[Si](CC)(c1ccccc1)c1ccccc1. The quantitative estimate of drug-likeness (QED) is 0.570. The van der Waals surface area contributed by atoms with Gasteiger partial charge in [-0.3, -0.25) is 0 Å². The smallest absolute Gasteiger partial charge is 0.100 e. The zero-order valence-electron chi connectivity index (χ0n) is 11.9. The van der Waals surface area contributed by atoms with Crippen LogP contribution in [0, 0.1) is 0 Å². The van der Waals surface area contributed by atoms with Gasteiger partial charge in [-0.1, -0.05) is 89.6 Å². The molecule has 1 heteroatoms. The third-order valence-corrected chi connectivity index (χ3v) is 9.15. The second kappa shape index (κ2) is 6.03. The van der Waals surface area contributed by atoms with Gasteiger partial charge in [-0.05, 0) is 13.0 Å². The number of allylic oxidation sites excluding steroid dienone is 1. The van der Waals surface area contributed by atoms with Gasteiger partial charge < -0.3 is 0 Å². The Morgan fingerprint density at radius 2 is 1.32 bits per heavy atom. The molecule has 0 amide bonds. The van der Waals surface area contributed by atoms with Gasteiger partial charge in [-0.15, -0.1) is 6.58 Å². The van der Waals surface area contributed by atoms with Crippen LogP contribution in [0.15, 0.2) is 72.8 Å². The topological polar surface area (TPSA) is 0 Å². The monoisotopic (exact) mass is 266 g/mol. The van der Waals surface area contributed by atoms with Crippen molar-refractivity contribution in [3.05, 3.63) is 72.8 Å². The van der Waals surface area contributed by atoms with Crippen molar-refractivity contribution in [2.24, 2.45) is 0 Å². The summed E-state index contributed by atoms with van der Waals surface area (Å²) >= 11 is 0. The van der Waals surface area contributed by atoms with E-state index in [1.165, 1.54) is 22.0 Å². The first-order chi connectivity index (χ1) is 9.19. The number of rotatable bonds is 5. The Morgan fingerprint density at radius 1 is 0.895 bits per heavy atom. The van der Waals surface area contributed by atoms with Crippen molar-refractivity contribution >= 4 is 18.4 Å². The Balaban J connectivity index is 2.58. The van der Waals surface area contributed by atoms with E-state index in [0.717, 1.165) is 6.04 Å². The van der Waals surface area contributed by atoms with Crippen molar-refractivity contribution in [2.45, 2.75) is 25.9 Å². The predicted molar refractivity (Wildman–Crippen MR) is 88.0 cm³/mol. The lowest BCUT2D eigenvalue weighted by Gasteiger charge is -2.32. The summed E-state index contributed by atoms with van der Waals surface area (Å²) in [5.74, 6) is 0. The minimum absolute atomic E-state index is 1.14. The Morgan fingerprint density at radius 3 is 1.63 bits per heavy atom. The van der Waals surface area contributed by atoms with E-state index in [1.54, 1.807) is 0 Å². The third kappa shape index (κ3) is 2.87. The molecule has 0 atom stereocenters. The molecule has 0 aliphatic rings. The molecule has 0 spiro atoms. The van der Waals surface area contributed by atoms with Crippen LogP contribution in [0.2, 0.25) is 12.1 Å². The van der Waals surface area contributed by atoms with Crippen LogP contribution in [0.1, 0.15) is 13.8 Å². The molecular formula is C18H22Si. The standard InChI is InChI=1S/C18H22Si/c1-4-19(15-16(2)3,17-11-7-5-8-12-17)18-13-9-6-10-14-18/h5-14H,2,4,15H2,1,3H3. The molecule has 98 valence electrons. The summed E-state index contributed by atoms with van der Waals surface area (Å²) in [7, 11) is -1.68. The van der Waals surface area contributed by atoms with Gasteiger partial charge in [0.2, 0.25) is 0 Å². The summed E-state index contributed by atoms with van der Waals surface area (Å²) in [6.07, 6.45) is 0. The lowest BCUT2D eigenvalue weighted by atomic mass is 10.4. The molecule has 2 rings (SSSR count). The van der Waals surface area contributed by atoms with Gasteiger partial charge in [-0.25, -0.2) is 0 Å². The molecule has 0 aliphatic carbocycles. The minimum atomic E-state index is -1.68. The summed E-state index contributed by atoms with van der Waals surface area (Å²) in [5.41, 5.74) is 1.29. The maximum atomic E-state index is 4.17. The highest BCUT2D eigenvalue weighted by Crippen LogP contribution is 2.20. The molecule has 0 aromatic heterocycles. The van der Waals surface area contributed by atoms with E-state index in [1.807, 2.05) is 0 Å². The minimum Gasteiger partial charge on any atom is -0.100 e. The third-order valence-electron chi connectivity index (χ3n) is 3.86. The maximum absolute atomic E-state index is 4.17. The number of hydrogen-bond acceptors (Lipinski definition) is 0. The molecule has 0 heterocycles. The molecule has 0 saturated carbocycles. The summed E-state index contributed by atoms with van der Waals surface area (Å²) < 4.78 is 0. The van der Waals surface area contributed by atoms with Crippen molar-refractivity contribution in [1.29, 1.82) is 0 Å². The fourth-order valence-corrected chi connectivity index (χ4v) is 7.43. The van der Waals surface area contributed by atoms with E-state index in [0.29, 0.717) is 0 Å². The van der Waals surface area contributed by atoms with Crippen LogP contribution in [0.4, 0.5) is 0 Å². The fourth-order valence-electron chi connectivity index (χ4n) is 2.93. The lowest BCUT2D eigenvalue weighted by Crippen LogP contribution is -2.57. The molecule has 0 radical (unpaired) electrons. The largest absolute Gasteiger partial charge is 0.121 e. The first kappa shape index (κ1) is 13.8. The first-order valence-electron chi connectivity index (χ1n) is 6.94. The van der Waals surface area contributed by atoms with Gasteiger partial charge in [0.25, 0.3) is 0 Å². The molecule has 0 bridgehead atoms. The zero-order valence-corrected chi connectivity index (χ0v) is 12.9. The summed E-state index contributed by atoms with van der Waals surface area (Å²) in [4.78, 5) is 0. The second-order valence-electron chi connectivity index (χ2n) is 5.30. The van der Waals surface area contributed by atoms with E-state index in [-0.39, 0.29) is 0 Å². The molecule has 2 aromatic rings. The van der Waals surface area contributed by atoms with E-state index < -0.39 is 8.07 Å². The van der Waals surface area contributed by atoms with Crippen LogP contribution in [0.25, 0.3) is 0 Å². The number of hydrogen-bond donors (Lipinski definition) is 0. The zero-order chi connectivity index (χ0) is 13.7. The van der Waals surface area contributed by atoms with Crippen molar-refractivity contribution in [3.8, 4) is 0 Å². The Labute approximate surface area is 117 Å². The van der Waals surface area contributed by atoms with E-state index >= 15 is 0 Å². The van der Waals surface area contributed by atoms with E-state index in [4.69, 9.17) is 0 Å². The summed E-state index contributed by atoms with van der Waals surface area (Å²) in [6.45, 7) is 8.66. The molecule has 0 nitrogen and oxygen atoms in total. The van der Waals surface area contributed by atoms with Crippen LogP contribution in [-0.4, -0.2) is 8.07 Å². The van der Waals surface area contributed by atoms with Crippen LogP contribution in [-0.2, 0) is 0 Å². The van der Waals surface area contributed by atoms with E-state index in [9.17, 15) is 0 Å². The van der Waals surface area contributed by atoms with Gasteiger partial charge in [0.05, 0.1) is 0 Å². The summed E-state index contributed by atoms with van der Waals surface area (Å²) in [6, 6.07) is 24.4. The van der Waals surface area contributed by atoms with Crippen LogP contribution in [0.3, 0.4) is 0 Å². The number of benzene rings is 2. The maximum Gasteiger partial charge on any atom is 0.121 e. The highest BCUT2D eigenvalue weighted by Gasteiger charge is 2.34. The van der Waals surface area contributed by atoms with Crippen molar-refractivity contribution < 1.29 is 0 Å². The summed E-state index contributed by atoms with van der Waals surface area (Å²) in [5, 5.41) is 3.04. The molecule has 0 aliphatic heterocycles. The molecule has 0 unspecified atom stereocenters. The van der Waals surface area contributed by atoms with Gasteiger partial charge in [0.15, 0.2) is 0 Å². The van der Waals surface area contributed by atoms with Gasteiger partial charge in [-0.2, -0.15) is 0 Å². The Hall–Kier alpha value is -1.60. The normalized spacial score (nSPS) is 11.3. The highest BCUT2D eigenvalue weighted by molar-refractivity contribution is 7.02. The average molecular weight is 266 g/mol. The van der Waals surface area contributed by atoms with Crippen LogP contribution in [0.5, 0.6) is 0 Å².